The fourth-order valence-electron chi connectivity index (χ4n) is 3.24. The summed E-state index contributed by atoms with van der Waals surface area (Å²) in [4.78, 5) is 25.8. The molecule has 0 unspecified atom stereocenters. The molecule has 3 nitrogen and oxygen atoms in total. The van der Waals surface area contributed by atoms with Gasteiger partial charge in [0.1, 0.15) is 0 Å². The van der Waals surface area contributed by atoms with E-state index in [2.05, 4.69) is 0 Å². The largest absolute Gasteiger partial charge is 0.412 e. The maximum absolute atomic E-state index is 13.0. The molecule has 2 N–H and O–H groups in total. The van der Waals surface area contributed by atoms with Crippen LogP contribution < -0.4 is 0 Å². The molecule has 0 saturated carbocycles. The van der Waals surface area contributed by atoms with Crippen LogP contribution in [0, 0.1) is 6.92 Å². The van der Waals surface area contributed by atoms with Crippen molar-refractivity contribution < 1.29 is 15.1 Å². The Balaban J connectivity index is 0.00000169. The summed E-state index contributed by atoms with van der Waals surface area (Å²) in [5, 5.41) is 0. The van der Waals surface area contributed by atoms with Crippen LogP contribution in [-0.2, 0) is 0 Å². The highest BCUT2D eigenvalue weighted by atomic mass is 16.1. The van der Waals surface area contributed by atoms with E-state index in [4.69, 9.17) is 0 Å². The van der Waals surface area contributed by atoms with Crippen LogP contribution in [0.3, 0.4) is 0 Å². The number of rotatable bonds is 1. The normalized spacial score (nSPS) is 12.2. The highest BCUT2D eigenvalue weighted by Crippen LogP contribution is 2.35. The highest BCUT2D eigenvalue weighted by molar-refractivity contribution is 6.30. The fraction of sp³-hybridized carbons (Fsp3) is 0.0476. The number of aryl methyl sites for hydroxylation is 1. The van der Waals surface area contributed by atoms with Gasteiger partial charge in [0.05, 0.1) is 0 Å². The molecule has 1 aliphatic carbocycles. The van der Waals surface area contributed by atoms with E-state index in [9.17, 15) is 9.59 Å². The maximum Gasteiger partial charge on any atom is 0.195 e. The van der Waals surface area contributed by atoms with Gasteiger partial charge in [0.2, 0.25) is 0 Å². The zero-order valence-corrected chi connectivity index (χ0v) is 13.2. The molecule has 1 aliphatic rings. The molecule has 3 heteroatoms. The summed E-state index contributed by atoms with van der Waals surface area (Å²) in [6.07, 6.45) is 0. The van der Waals surface area contributed by atoms with Crippen molar-refractivity contribution in [2.24, 2.45) is 0 Å². The van der Waals surface area contributed by atoms with Crippen molar-refractivity contribution in [3.05, 3.63) is 94.5 Å². The van der Waals surface area contributed by atoms with Gasteiger partial charge in [-0.25, -0.2) is 0 Å². The molecule has 0 atom stereocenters. The number of carbonyl (C=O) groups is 2. The second-order valence-corrected chi connectivity index (χ2v) is 5.75. The zero-order valence-electron chi connectivity index (χ0n) is 13.2. The molecule has 3 aromatic carbocycles. The molecule has 0 spiro atoms. The van der Waals surface area contributed by atoms with Gasteiger partial charge in [-0.15, -0.1) is 0 Å². The molecule has 0 radical (unpaired) electrons. The molecular weight excluding hydrogens is 300 g/mol. The van der Waals surface area contributed by atoms with E-state index >= 15 is 0 Å². The van der Waals surface area contributed by atoms with Gasteiger partial charge in [-0.1, -0.05) is 66.7 Å². The zero-order chi connectivity index (χ0) is 16.0. The average Bonchev–Trinajstić information content (AvgIpc) is 2.59. The quantitative estimate of drug-likeness (QED) is 0.538. The third kappa shape index (κ3) is 2.18. The number of ketones is 2. The number of hydrogen-bond acceptors (Lipinski definition) is 2. The lowest BCUT2D eigenvalue weighted by atomic mass is 9.80. The van der Waals surface area contributed by atoms with E-state index < -0.39 is 0 Å². The number of benzene rings is 3. The lowest BCUT2D eigenvalue weighted by Gasteiger charge is -2.20. The van der Waals surface area contributed by atoms with Gasteiger partial charge in [0.25, 0.3) is 0 Å². The molecule has 4 rings (SSSR count). The Morgan fingerprint density at radius 3 is 1.71 bits per heavy atom. The molecule has 3 aromatic rings. The van der Waals surface area contributed by atoms with Crippen molar-refractivity contribution in [1.29, 1.82) is 0 Å². The molecule has 0 fully saturated rings. The maximum atomic E-state index is 13.0. The number of fused-ring (bicyclic) bond motifs is 2. The van der Waals surface area contributed by atoms with Gasteiger partial charge >= 0.3 is 0 Å². The minimum atomic E-state index is -0.0781. The fourth-order valence-corrected chi connectivity index (χ4v) is 3.24. The van der Waals surface area contributed by atoms with Crippen LogP contribution in [0.1, 0.15) is 37.4 Å². The summed E-state index contributed by atoms with van der Waals surface area (Å²) in [6.45, 7) is 2.01. The molecule has 0 aliphatic heterocycles. The standard InChI is InChI=1S/C21H14O2.H2O/c1-13-7-2-3-8-14(13)15-11-6-12-18-19(15)21(23)17-10-5-4-9-16(17)20(18)22;/h2-12H,1H3;1H2. The van der Waals surface area contributed by atoms with Gasteiger partial charge in [-0.05, 0) is 23.6 Å². The van der Waals surface area contributed by atoms with Crippen LogP contribution in [0.25, 0.3) is 11.1 Å². The summed E-state index contributed by atoms with van der Waals surface area (Å²) < 4.78 is 0. The monoisotopic (exact) mass is 316 g/mol. The summed E-state index contributed by atoms with van der Waals surface area (Å²) in [6, 6.07) is 20.5. The van der Waals surface area contributed by atoms with E-state index in [1.807, 2.05) is 43.3 Å². The Hall–Kier alpha value is -3.04. The van der Waals surface area contributed by atoms with Gasteiger partial charge in [0.15, 0.2) is 11.6 Å². The molecule has 0 amide bonds. The lowest BCUT2D eigenvalue weighted by Crippen LogP contribution is -2.21. The summed E-state index contributed by atoms with van der Waals surface area (Å²) in [5.74, 6) is -0.153. The van der Waals surface area contributed by atoms with Crippen molar-refractivity contribution in [2.45, 2.75) is 6.92 Å². The minimum absolute atomic E-state index is 0. The predicted octanol–water partition coefficient (Wildman–Crippen LogP) is 3.61. The van der Waals surface area contributed by atoms with Gasteiger partial charge in [0, 0.05) is 22.3 Å². The van der Waals surface area contributed by atoms with Crippen molar-refractivity contribution >= 4 is 11.6 Å². The lowest BCUT2D eigenvalue weighted by molar-refractivity contribution is 0.0979. The van der Waals surface area contributed by atoms with Crippen LogP contribution in [0.4, 0.5) is 0 Å². The van der Waals surface area contributed by atoms with E-state index in [0.29, 0.717) is 22.3 Å². The first-order valence-corrected chi connectivity index (χ1v) is 7.56. The Labute approximate surface area is 139 Å². The van der Waals surface area contributed by atoms with E-state index in [1.165, 1.54) is 0 Å². The summed E-state index contributed by atoms with van der Waals surface area (Å²) in [7, 11) is 0. The highest BCUT2D eigenvalue weighted by Gasteiger charge is 2.31. The molecule has 0 aromatic heterocycles. The Kier molecular flexibility index (Phi) is 3.87. The van der Waals surface area contributed by atoms with E-state index in [0.717, 1.165) is 16.7 Å². The average molecular weight is 316 g/mol. The third-order valence-corrected chi connectivity index (χ3v) is 4.39. The first-order chi connectivity index (χ1) is 11.2. The summed E-state index contributed by atoms with van der Waals surface area (Å²) in [5.41, 5.74) is 4.90. The third-order valence-electron chi connectivity index (χ3n) is 4.39. The Morgan fingerprint density at radius 2 is 1.04 bits per heavy atom. The Morgan fingerprint density at radius 1 is 0.542 bits per heavy atom. The van der Waals surface area contributed by atoms with Crippen LogP contribution in [-0.4, -0.2) is 17.0 Å². The van der Waals surface area contributed by atoms with Crippen LogP contribution in [0.5, 0.6) is 0 Å². The number of carbonyl (C=O) groups excluding carboxylic acids is 2. The smallest absolute Gasteiger partial charge is 0.195 e. The van der Waals surface area contributed by atoms with Gasteiger partial charge in [-0.3, -0.25) is 9.59 Å². The second kappa shape index (κ2) is 5.87. The van der Waals surface area contributed by atoms with Crippen molar-refractivity contribution in [3.63, 3.8) is 0 Å². The SMILES string of the molecule is Cc1ccccc1-c1cccc2c1C(=O)c1ccccc1C2=O.O. The molecule has 0 bridgehead atoms. The minimum Gasteiger partial charge on any atom is -0.412 e. The van der Waals surface area contributed by atoms with Gasteiger partial charge < -0.3 is 5.48 Å². The van der Waals surface area contributed by atoms with Crippen LogP contribution in [0.2, 0.25) is 0 Å². The predicted molar refractivity (Wildman–Crippen MR) is 93.5 cm³/mol. The second-order valence-electron chi connectivity index (χ2n) is 5.75. The van der Waals surface area contributed by atoms with E-state index in [1.54, 1.807) is 30.3 Å². The van der Waals surface area contributed by atoms with E-state index in [-0.39, 0.29) is 17.0 Å². The molecule has 24 heavy (non-hydrogen) atoms. The first-order valence-electron chi connectivity index (χ1n) is 7.56. The topological polar surface area (TPSA) is 65.6 Å². The van der Waals surface area contributed by atoms with Crippen molar-refractivity contribution in [1.82, 2.24) is 0 Å². The van der Waals surface area contributed by atoms with Crippen LogP contribution in [0.15, 0.2) is 66.7 Å². The Bertz CT molecular complexity index is 970. The van der Waals surface area contributed by atoms with Crippen molar-refractivity contribution in [3.8, 4) is 11.1 Å². The molecule has 0 saturated heterocycles. The summed E-state index contributed by atoms with van der Waals surface area (Å²) >= 11 is 0. The molecule has 0 heterocycles. The number of hydrogen-bond donors (Lipinski definition) is 0. The van der Waals surface area contributed by atoms with Crippen molar-refractivity contribution in [2.75, 3.05) is 0 Å². The van der Waals surface area contributed by atoms with Gasteiger partial charge in [-0.2, -0.15) is 0 Å². The molecular formula is C21H16O3. The molecule has 118 valence electrons. The first kappa shape index (κ1) is 15.8. The van der Waals surface area contributed by atoms with Crippen LogP contribution >= 0.6 is 0 Å².